The highest BCUT2D eigenvalue weighted by molar-refractivity contribution is 4.73. The SMILES string of the molecule is OC(O)CCn1ccnc1. The number of aliphatic hydroxyl groups excluding tert-OH is 1. The van der Waals surface area contributed by atoms with E-state index in [1.807, 2.05) is 0 Å². The Labute approximate surface area is 58.8 Å². The van der Waals surface area contributed by atoms with Gasteiger partial charge in [-0.05, 0) is 0 Å². The highest BCUT2D eigenvalue weighted by Crippen LogP contribution is 1.92. The highest BCUT2D eigenvalue weighted by atomic mass is 16.5. The summed E-state index contributed by atoms with van der Waals surface area (Å²) in [6.07, 6.45) is 4.20. The Bertz CT molecular complexity index is 172. The van der Waals surface area contributed by atoms with Gasteiger partial charge in [-0.25, -0.2) is 4.98 Å². The lowest BCUT2D eigenvalue weighted by molar-refractivity contribution is -0.0477. The van der Waals surface area contributed by atoms with Crippen LogP contribution in [0.5, 0.6) is 0 Å². The number of aliphatic hydroxyl groups is 2. The number of hydrogen-bond acceptors (Lipinski definition) is 3. The molecule has 1 aromatic rings. The zero-order chi connectivity index (χ0) is 7.40. The van der Waals surface area contributed by atoms with Crippen LogP contribution in [0.4, 0.5) is 0 Å². The second-order valence-electron chi connectivity index (χ2n) is 2.07. The van der Waals surface area contributed by atoms with Crippen LogP contribution in [0.25, 0.3) is 0 Å². The first-order chi connectivity index (χ1) is 4.79. The van der Waals surface area contributed by atoms with E-state index in [-0.39, 0.29) is 0 Å². The molecule has 0 fully saturated rings. The van der Waals surface area contributed by atoms with E-state index in [4.69, 9.17) is 10.2 Å². The predicted molar refractivity (Wildman–Crippen MR) is 35.1 cm³/mol. The van der Waals surface area contributed by atoms with Gasteiger partial charge in [0.05, 0.1) is 6.33 Å². The van der Waals surface area contributed by atoms with E-state index in [0.717, 1.165) is 0 Å². The summed E-state index contributed by atoms with van der Waals surface area (Å²) in [5.41, 5.74) is 0. The summed E-state index contributed by atoms with van der Waals surface area (Å²) in [5, 5.41) is 16.9. The van der Waals surface area contributed by atoms with Crippen LogP contribution < -0.4 is 0 Å². The smallest absolute Gasteiger partial charge is 0.153 e. The molecule has 56 valence electrons. The predicted octanol–water partition coefficient (Wildman–Crippen LogP) is -0.416. The van der Waals surface area contributed by atoms with Crippen molar-refractivity contribution in [2.45, 2.75) is 19.3 Å². The van der Waals surface area contributed by atoms with Crippen molar-refractivity contribution in [3.05, 3.63) is 18.7 Å². The molecule has 0 aliphatic heterocycles. The molecule has 0 aromatic carbocycles. The molecule has 1 rings (SSSR count). The number of imidazole rings is 1. The molecule has 1 heterocycles. The molecular formula is C6H10N2O2. The lowest BCUT2D eigenvalue weighted by atomic mass is 10.4. The fourth-order valence-electron chi connectivity index (χ4n) is 0.684. The first-order valence-corrected chi connectivity index (χ1v) is 3.11. The van der Waals surface area contributed by atoms with Crippen molar-refractivity contribution in [1.82, 2.24) is 9.55 Å². The standard InChI is InChI=1S/C6H10N2O2/c9-6(10)1-3-8-4-2-7-5-8/h2,4-6,9-10H,1,3H2. The zero-order valence-electron chi connectivity index (χ0n) is 5.51. The molecule has 0 spiro atoms. The monoisotopic (exact) mass is 142 g/mol. The lowest BCUT2D eigenvalue weighted by Crippen LogP contribution is -2.08. The third-order valence-electron chi connectivity index (χ3n) is 1.20. The Kier molecular flexibility index (Phi) is 2.42. The average molecular weight is 142 g/mol. The third kappa shape index (κ3) is 2.16. The summed E-state index contributed by atoms with van der Waals surface area (Å²) >= 11 is 0. The van der Waals surface area contributed by atoms with Crippen LogP contribution >= 0.6 is 0 Å². The average Bonchev–Trinajstić information content (AvgIpc) is 2.34. The minimum absolute atomic E-state index is 0.344. The van der Waals surface area contributed by atoms with E-state index in [1.165, 1.54) is 0 Å². The van der Waals surface area contributed by atoms with Crippen LogP contribution in [-0.4, -0.2) is 26.1 Å². The van der Waals surface area contributed by atoms with Gasteiger partial charge in [0.15, 0.2) is 6.29 Å². The molecule has 1 aromatic heterocycles. The molecule has 0 aliphatic rings. The second-order valence-corrected chi connectivity index (χ2v) is 2.07. The van der Waals surface area contributed by atoms with Gasteiger partial charge in [-0.2, -0.15) is 0 Å². The van der Waals surface area contributed by atoms with Crippen molar-refractivity contribution in [1.29, 1.82) is 0 Å². The maximum Gasteiger partial charge on any atom is 0.153 e. The summed E-state index contributed by atoms with van der Waals surface area (Å²) in [7, 11) is 0. The van der Waals surface area contributed by atoms with Gasteiger partial charge >= 0.3 is 0 Å². The minimum atomic E-state index is -1.22. The summed E-state index contributed by atoms with van der Waals surface area (Å²) in [5.74, 6) is 0. The van der Waals surface area contributed by atoms with Gasteiger partial charge in [-0.1, -0.05) is 0 Å². The number of rotatable bonds is 3. The quantitative estimate of drug-likeness (QED) is 0.564. The first kappa shape index (κ1) is 7.24. The molecule has 2 N–H and O–H groups in total. The molecule has 0 radical (unpaired) electrons. The van der Waals surface area contributed by atoms with Gasteiger partial charge in [-0.3, -0.25) is 0 Å². The Hall–Kier alpha value is -0.870. The lowest BCUT2D eigenvalue weighted by Gasteiger charge is -2.02. The number of hydrogen-bond donors (Lipinski definition) is 2. The van der Waals surface area contributed by atoms with Crippen LogP contribution in [0.3, 0.4) is 0 Å². The Balaban J connectivity index is 2.28. The van der Waals surface area contributed by atoms with Crippen molar-refractivity contribution in [2.24, 2.45) is 0 Å². The molecule has 0 saturated heterocycles. The zero-order valence-corrected chi connectivity index (χ0v) is 5.51. The summed E-state index contributed by atoms with van der Waals surface area (Å²) < 4.78 is 1.79. The third-order valence-corrected chi connectivity index (χ3v) is 1.20. The topological polar surface area (TPSA) is 58.3 Å². The summed E-state index contributed by atoms with van der Waals surface area (Å²) in [6.45, 7) is 0.595. The fraction of sp³-hybridized carbons (Fsp3) is 0.500. The van der Waals surface area contributed by atoms with E-state index in [0.29, 0.717) is 13.0 Å². The Morgan fingerprint density at radius 3 is 2.80 bits per heavy atom. The van der Waals surface area contributed by atoms with Crippen molar-refractivity contribution < 1.29 is 10.2 Å². The van der Waals surface area contributed by atoms with Crippen LogP contribution in [0.1, 0.15) is 6.42 Å². The molecule has 0 atom stereocenters. The maximum absolute atomic E-state index is 8.47. The maximum atomic E-state index is 8.47. The normalized spacial score (nSPS) is 10.7. The number of aromatic nitrogens is 2. The minimum Gasteiger partial charge on any atom is -0.368 e. The molecule has 0 bridgehead atoms. The molecular weight excluding hydrogens is 132 g/mol. The second kappa shape index (κ2) is 3.34. The fourth-order valence-corrected chi connectivity index (χ4v) is 0.684. The van der Waals surface area contributed by atoms with Gasteiger partial charge in [0.1, 0.15) is 0 Å². The molecule has 4 heteroatoms. The van der Waals surface area contributed by atoms with Crippen molar-refractivity contribution in [3.63, 3.8) is 0 Å². The molecule has 0 amide bonds. The van der Waals surface area contributed by atoms with Crippen molar-refractivity contribution in [2.75, 3.05) is 0 Å². The molecule has 0 aliphatic carbocycles. The van der Waals surface area contributed by atoms with E-state index < -0.39 is 6.29 Å². The Morgan fingerprint density at radius 2 is 2.30 bits per heavy atom. The van der Waals surface area contributed by atoms with Gasteiger partial charge in [-0.15, -0.1) is 0 Å². The van der Waals surface area contributed by atoms with Gasteiger partial charge in [0.2, 0.25) is 0 Å². The largest absolute Gasteiger partial charge is 0.368 e. The van der Waals surface area contributed by atoms with Crippen molar-refractivity contribution >= 4 is 0 Å². The first-order valence-electron chi connectivity index (χ1n) is 3.11. The van der Waals surface area contributed by atoms with E-state index >= 15 is 0 Å². The van der Waals surface area contributed by atoms with Crippen LogP contribution in [0.15, 0.2) is 18.7 Å². The molecule has 10 heavy (non-hydrogen) atoms. The van der Waals surface area contributed by atoms with Gasteiger partial charge < -0.3 is 14.8 Å². The number of aryl methyl sites for hydroxylation is 1. The highest BCUT2D eigenvalue weighted by Gasteiger charge is 1.96. The molecule has 0 saturated carbocycles. The van der Waals surface area contributed by atoms with Crippen LogP contribution in [-0.2, 0) is 6.54 Å². The van der Waals surface area contributed by atoms with E-state index in [2.05, 4.69) is 4.98 Å². The molecule has 0 unspecified atom stereocenters. The van der Waals surface area contributed by atoms with Crippen LogP contribution in [0, 0.1) is 0 Å². The van der Waals surface area contributed by atoms with Gasteiger partial charge in [0, 0.05) is 25.4 Å². The van der Waals surface area contributed by atoms with E-state index in [9.17, 15) is 0 Å². The molecule has 4 nitrogen and oxygen atoms in total. The Morgan fingerprint density at radius 1 is 1.50 bits per heavy atom. The number of nitrogens with zero attached hydrogens (tertiary/aromatic N) is 2. The summed E-state index contributed by atoms with van der Waals surface area (Å²) in [4.78, 5) is 3.80. The van der Waals surface area contributed by atoms with Crippen molar-refractivity contribution in [3.8, 4) is 0 Å². The van der Waals surface area contributed by atoms with E-state index in [1.54, 1.807) is 23.3 Å². The van der Waals surface area contributed by atoms with Crippen LogP contribution in [0.2, 0.25) is 0 Å². The summed E-state index contributed by atoms with van der Waals surface area (Å²) in [6, 6.07) is 0. The van der Waals surface area contributed by atoms with Gasteiger partial charge in [0.25, 0.3) is 0 Å².